The summed E-state index contributed by atoms with van der Waals surface area (Å²) >= 11 is 0. The molecule has 0 N–H and O–H groups in total. The number of rotatable bonds is 9. The van der Waals surface area contributed by atoms with E-state index in [1.807, 2.05) is 13.8 Å². The normalized spacial score (nSPS) is 15.4. The Morgan fingerprint density at radius 2 is 1.14 bits per heavy atom. The van der Waals surface area contributed by atoms with Crippen LogP contribution in [0.3, 0.4) is 0 Å². The summed E-state index contributed by atoms with van der Waals surface area (Å²) < 4.78 is 20.5. The fraction of sp³-hybridized carbons (Fsp3) is 1.00. The lowest BCUT2D eigenvalue weighted by atomic mass is 10.3. The summed E-state index contributed by atoms with van der Waals surface area (Å²) in [4.78, 5) is 0. The van der Waals surface area contributed by atoms with Crippen LogP contribution in [0.5, 0.6) is 0 Å². The van der Waals surface area contributed by atoms with E-state index in [4.69, 9.17) is 18.9 Å². The molecule has 0 amide bonds. The third-order valence-electron chi connectivity index (χ3n) is 1.91. The molecule has 2 unspecified atom stereocenters. The summed E-state index contributed by atoms with van der Waals surface area (Å²) in [5.41, 5.74) is 0. The fourth-order valence-corrected chi connectivity index (χ4v) is 0.839. The second-order valence-corrected chi connectivity index (χ2v) is 3.06. The van der Waals surface area contributed by atoms with Crippen LogP contribution in [-0.4, -0.2) is 40.0 Å². The zero-order chi connectivity index (χ0) is 10.8. The molecule has 86 valence electrons. The Bertz CT molecular complexity index is 105. The summed E-state index contributed by atoms with van der Waals surface area (Å²) in [7, 11) is 3.27. The van der Waals surface area contributed by atoms with Gasteiger partial charge in [0.2, 0.25) is 0 Å². The summed E-state index contributed by atoms with van der Waals surface area (Å²) in [6.45, 7) is 5.17. The van der Waals surface area contributed by atoms with Gasteiger partial charge < -0.3 is 18.9 Å². The van der Waals surface area contributed by atoms with E-state index in [1.165, 1.54) is 0 Å². The highest BCUT2D eigenvalue weighted by atomic mass is 16.7. The van der Waals surface area contributed by atoms with Crippen molar-refractivity contribution in [3.05, 3.63) is 0 Å². The van der Waals surface area contributed by atoms with Crippen molar-refractivity contribution in [1.82, 2.24) is 0 Å². The molecule has 4 nitrogen and oxygen atoms in total. The molecule has 0 fully saturated rings. The van der Waals surface area contributed by atoms with Crippen LogP contribution < -0.4 is 0 Å². The van der Waals surface area contributed by atoms with Crippen molar-refractivity contribution in [2.45, 2.75) is 39.3 Å². The van der Waals surface area contributed by atoms with Gasteiger partial charge in [-0.15, -0.1) is 0 Å². The predicted molar refractivity (Wildman–Crippen MR) is 54.1 cm³/mol. The Morgan fingerprint density at radius 3 is 1.43 bits per heavy atom. The molecule has 0 aromatic rings. The van der Waals surface area contributed by atoms with Gasteiger partial charge in [0.1, 0.15) is 0 Å². The quantitative estimate of drug-likeness (QED) is 0.425. The number of hydrogen-bond donors (Lipinski definition) is 0. The standard InChI is InChI=1S/C10H22O4/c1-9(11-3)13-7-5-6-8-14-10(2)12-4/h9-10H,5-8H2,1-4H3. The first-order valence-corrected chi connectivity index (χ1v) is 4.99. The van der Waals surface area contributed by atoms with E-state index in [0.717, 1.165) is 12.8 Å². The SMILES string of the molecule is COC(C)OCCCCOC(C)OC. The van der Waals surface area contributed by atoms with Gasteiger partial charge in [-0.25, -0.2) is 0 Å². The molecule has 0 rings (SSSR count). The first-order chi connectivity index (χ1) is 6.70. The average Bonchev–Trinajstić information content (AvgIpc) is 2.22. The molecule has 0 aromatic heterocycles. The molecule has 0 aliphatic rings. The van der Waals surface area contributed by atoms with Crippen molar-refractivity contribution in [2.24, 2.45) is 0 Å². The Morgan fingerprint density at radius 1 is 0.786 bits per heavy atom. The maximum absolute atomic E-state index is 5.32. The predicted octanol–water partition coefficient (Wildman–Crippen LogP) is 1.78. The highest BCUT2D eigenvalue weighted by Gasteiger charge is 1.99. The van der Waals surface area contributed by atoms with E-state index in [9.17, 15) is 0 Å². The molecule has 0 aromatic carbocycles. The second-order valence-electron chi connectivity index (χ2n) is 3.06. The summed E-state index contributed by atoms with van der Waals surface area (Å²) in [6.07, 6.45) is 1.72. The van der Waals surface area contributed by atoms with Crippen molar-refractivity contribution in [3.8, 4) is 0 Å². The highest BCUT2D eigenvalue weighted by molar-refractivity contribution is 4.40. The Balaban J connectivity index is 3.06. The number of unbranched alkanes of at least 4 members (excludes halogenated alkanes) is 1. The molecule has 0 saturated carbocycles. The molecular formula is C10H22O4. The van der Waals surface area contributed by atoms with Gasteiger partial charge in [-0.1, -0.05) is 0 Å². The molecule has 0 aliphatic heterocycles. The maximum Gasteiger partial charge on any atom is 0.154 e. The third kappa shape index (κ3) is 8.44. The van der Waals surface area contributed by atoms with E-state index >= 15 is 0 Å². The average molecular weight is 206 g/mol. The molecule has 0 saturated heterocycles. The van der Waals surface area contributed by atoms with Crippen molar-refractivity contribution < 1.29 is 18.9 Å². The van der Waals surface area contributed by atoms with Crippen LogP contribution in [0.1, 0.15) is 26.7 Å². The van der Waals surface area contributed by atoms with Crippen LogP contribution in [-0.2, 0) is 18.9 Å². The van der Waals surface area contributed by atoms with E-state index in [0.29, 0.717) is 13.2 Å². The highest BCUT2D eigenvalue weighted by Crippen LogP contribution is 1.98. The zero-order valence-electron chi connectivity index (χ0n) is 9.62. The van der Waals surface area contributed by atoms with Gasteiger partial charge in [0.25, 0.3) is 0 Å². The maximum atomic E-state index is 5.32. The largest absolute Gasteiger partial charge is 0.356 e. The lowest BCUT2D eigenvalue weighted by Crippen LogP contribution is -2.13. The van der Waals surface area contributed by atoms with Crippen molar-refractivity contribution in [2.75, 3.05) is 27.4 Å². The van der Waals surface area contributed by atoms with Gasteiger partial charge in [-0.3, -0.25) is 0 Å². The minimum atomic E-state index is -0.117. The van der Waals surface area contributed by atoms with Crippen LogP contribution in [0.2, 0.25) is 0 Å². The van der Waals surface area contributed by atoms with Gasteiger partial charge >= 0.3 is 0 Å². The monoisotopic (exact) mass is 206 g/mol. The lowest BCUT2D eigenvalue weighted by Gasteiger charge is -2.12. The van der Waals surface area contributed by atoms with E-state index in [1.54, 1.807) is 14.2 Å². The molecule has 0 spiro atoms. The van der Waals surface area contributed by atoms with Crippen LogP contribution >= 0.6 is 0 Å². The molecule has 4 heteroatoms. The molecule has 14 heavy (non-hydrogen) atoms. The Hall–Kier alpha value is -0.160. The van der Waals surface area contributed by atoms with Crippen molar-refractivity contribution in [1.29, 1.82) is 0 Å². The third-order valence-corrected chi connectivity index (χ3v) is 1.91. The number of ether oxygens (including phenoxy) is 4. The smallest absolute Gasteiger partial charge is 0.154 e. The lowest BCUT2D eigenvalue weighted by molar-refractivity contribution is -0.121. The van der Waals surface area contributed by atoms with Gasteiger partial charge in [0.15, 0.2) is 12.6 Å². The van der Waals surface area contributed by atoms with Gasteiger partial charge in [0.05, 0.1) is 0 Å². The first-order valence-electron chi connectivity index (χ1n) is 4.99. The van der Waals surface area contributed by atoms with E-state index in [-0.39, 0.29) is 12.6 Å². The van der Waals surface area contributed by atoms with E-state index < -0.39 is 0 Å². The molecular weight excluding hydrogens is 184 g/mol. The zero-order valence-corrected chi connectivity index (χ0v) is 9.62. The first kappa shape index (κ1) is 13.8. The van der Waals surface area contributed by atoms with Crippen LogP contribution in [0.15, 0.2) is 0 Å². The van der Waals surface area contributed by atoms with E-state index in [2.05, 4.69) is 0 Å². The van der Waals surface area contributed by atoms with Crippen LogP contribution in [0, 0.1) is 0 Å². The van der Waals surface area contributed by atoms with Crippen LogP contribution in [0.4, 0.5) is 0 Å². The molecule has 2 atom stereocenters. The number of hydrogen-bond acceptors (Lipinski definition) is 4. The Labute approximate surface area is 86.5 Å². The topological polar surface area (TPSA) is 36.9 Å². The second kappa shape index (κ2) is 9.40. The summed E-state index contributed by atoms with van der Waals surface area (Å²) in [5.74, 6) is 0. The van der Waals surface area contributed by atoms with Gasteiger partial charge in [-0.2, -0.15) is 0 Å². The van der Waals surface area contributed by atoms with Crippen molar-refractivity contribution in [3.63, 3.8) is 0 Å². The minimum absolute atomic E-state index is 0.117. The molecule has 0 heterocycles. The molecule has 0 bridgehead atoms. The molecule has 0 radical (unpaired) electrons. The number of methoxy groups -OCH3 is 2. The van der Waals surface area contributed by atoms with Crippen LogP contribution in [0.25, 0.3) is 0 Å². The Kier molecular flexibility index (Phi) is 9.29. The minimum Gasteiger partial charge on any atom is -0.356 e. The summed E-state index contributed by atoms with van der Waals surface area (Å²) in [5, 5.41) is 0. The van der Waals surface area contributed by atoms with Crippen molar-refractivity contribution >= 4 is 0 Å². The fourth-order valence-electron chi connectivity index (χ4n) is 0.839. The van der Waals surface area contributed by atoms with Gasteiger partial charge in [0, 0.05) is 27.4 Å². The molecule has 0 aliphatic carbocycles. The van der Waals surface area contributed by atoms with Gasteiger partial charge in [-0.05, 0) is 26.7 Å². The summed E-state index contributed by atoms with van der Waals surface area (Å²) in [6, 6.07) is 0.